The summed E-state index contributed by atoms with van der Waals surface area (Å²) < 4.78 is 0. The van der Waals surface area contributed by atoms with Gasteiger partial charge in [-0.2, -0.15) is 0 Å². The van der Waals surface area contributed by atoms with Crippen LogP contribution in [0.4, 0.5) is 0 Å². The smallest absolute Gasteiger partial charge is 0.254 e. The molecule has 1 amide bonds. The molecule has 0 bridgehead atoms. The molecule has 0 atom stereocenters. The van der Waals surface area contributed by atoms with Crippen LogP contribution in [0.1, 0.15) is 40.2 Å². The van der Waals surface area contributed by atoms with E-state index in [1.807, 2.05) is 30.1 Å². The van der Waals surface area contributed by atoms with Crippen LogP contribution >= 0.6 is 0 Å². The molecule has 0 unspecified atom stereocenters. The topological polar surface area (TPSA) is 32.3 Å². The number of likely N-dealkylation sites (N-methyl/N-ethyl adjacent to an activating group) is 1. The van der Waals surface area contributed by atoms with Gasteiger partial charge in [0.05, 0.1) is 0 Å². The van der Waals surface area contributed by atoms with Crippen LogP contribution in [0.3, 0.4) is 0 Å². The van der Waals surface area contributed by atoms with E-state index < -0.39 is 0 Å². The van der Waals surface area contributed by atoms with E-state index in [9.17, 15) is 4.79 Å². The maximum atomic E-state index is 12.9. The van der Waals surface area contributed by atoms with E-state index in [0.717, 1.165) is 50.0 Å². The molecule has 2 aromatic carbocycles. The van der Waals surface area contributed by atoms with Gasteiger partial charge in [0.2, 0.25) is 0 Å². The van der Waals surface area contributed by atoms with Gasteiger partial charge in [-0.15, -0.1) is 0 Å². The highest BCUT2D eigenvalue weighted by molar-refractivity contribution is 5.95. The number of rotatable bonds is 5. The van der Waals surface area contributed by atoms with Crippen molar-refractivity contribution in [1.29, 1.82) is 0 Å². The van der Waals surface area contributed by atoms with Crippen molar-refractivity contribution in [3.05, 3.63) is 71.3 Å². The second-order valence-corrected chi connectivity index (χ2v) is 6.49. The molecule has 3 heteroatoms. The zero-order valence-electron chi connectivity index (χ0n) is 14.4. The number of hydrogen-bond donors (Lipinski definition) is 1. The lowest BCUT2D eigenvalue weighted by molar-refractivity contribution is 0.0712. The predicted octanol–water partition coefficient (Wildman–Crippen LogP) is 3.47. The number of nitrogens with zero attached hydrogens (tertiary/aromatic N) is 1. The summed E-state index contributed by atoms with van der Waals surface area (Å²) in [7, 11) is 1.94. The van der Waals surface area contributed by atoms with Crippen molar-refractivity contribution < 1.29 is 4.79 Å². The summed E-state index contributed by atoms with van der Waals surface area (Å²) in [4.78, 5) is 15.0. The van der Waals surface area contributed by atoms with Crippen LogP contribution in [0.5, 0.6) is 0 Å². The molecule has 24 heavy (non-hydrogen) atoms. The Morgan fingerprint density at radius 2 is 1.71 bits per heavy atom. The maximum absolute atomic E-state index is 12.9. The highest BCUT2D eigenvalue weighted by Crippen LogP contribution is 2.28. The lowest BCUT2D eigenvalue weighted by Crippen LogP contribution is -2.38. The van der Waals surface area contributed by atoms with Crippen LogP contribution in [-0.2, 0) is 6.42 Å². The number of carbonyl (C=O) groups is 1. The monoisotopic (exact) mass is 322 g/mol. The first-order chi connectivity index (χ1) is 11.8. The van der Waals surface area contributed by atoms with Gasteiger partial charge in [0.1, 0.15) is 0 Å². The molecule has 126 valence electrons. The minimum Gasteiger partial charge on any atom is -0.339 e. The normalized spacial score (nSPS) is 15.5. The Hall–Kier alpha value is -2.13. The number of amides is 1. The molecule has 3 rings (SSSR count). The summed E-state index contributed by atoms with van der Waals surface area (Å²) in [5.74, 6) is 0.767. The Kier molecular flexibility index (Phi) is 5.65. The molecular weight excluding hydrogens is 296 g/mol. The lowest BCUT2D eigenvalue weighted by atomic mass is 9.89. The Balaban J connectivity index is 1.65. The van der Waals surface area contributed by atoms with Gasteiger partial charge >= 0.3 is 0 Å². The van der Waals surface area contributed by atoms with E-state index >= 15 is 0 Å². The fourth-order valence-corrected chi connectivity index (χ4v) is 3.52. The molecule has 1 N–H and O–H groups in total. The second-order valence-electron chi connectivity index (χ2n) is 6.49. The second kappa shape index (κ2) is 8.11. The minimum absolute atomic E-state index is 0.188. The molecule has 0 aliphatic carbocycles. The Morgan fingerprint density at radius 1 is 1.04 bits per heavy atom. The number of likely N-dealkylation sites (tertiary alicyclic amines) is 1. The zero-order valence-corrected chi connectivity index (χ0v) is 14.4. The third-order valence-electron chi connectivity index (χ3n) is 4.95. The Morgan fingerprint density at radius 3 is 2.42 bits per heavy atom. The molecule has 0 saturated carbocycles. The first kappa shape index (κ1) is 16.7. The van der Waals surface area contributed by atoms with E-state index in [4.69, 9.17) is 0 Å². The van der Waals surface area contributed by atoms with Crippen LogP contribution in [-0.4, -0.2) is 37.5 Å². The summed E-state index contributed by atoms with van der Waals surface area (Å²) in [5, 5.41) is 3.16. The van der Waals surface area contributed by atoms with E-state index in [0.29, 0.717) is 5.92 Å². The van der Waals surface area contributed by atoms with Crippen molar-refractivity contribution in [2.75, 3.05) is 26.7 Å². The molecule has 0 aromatic heterocycles. The van der Waals surface area contributed by atoms with E-state index in [1.165, 1.54) is 5.56 Å². The SMILES string of the molecule is CNCCc1ccccc1C(=O)N1CCC(c2ccccc2)CC1. The molecule has 1 aliphatic rings. The maximum Gasteiger partial charge on any atom is 0.254 e. The third-order valence-corrected chi connectivity index (χ3v) is 4.95. The average Bonchev–Trinajstić information content (AvgIpc) is 2.67. The predicted molar refractivity (Wildman–Crippen MR) is 98.4 cm³/mol. The van der Waals surface area contributed by atoms with Gasteiger partial charge in [-0.25, -0.2) is 0 Å². The highest BCUT2D eigenvalue weighted by Gasteiger charge is 2.25. The average molecular weight is 322 g/mol. The summed E-state index contributed by atoms with van der Waals surface area (Å²) in [6.45, 7) is 2.58. The fraction of sp³-hybridized carbons (Fsp3) is 0.381. The number of piperidine rings is 1. The number of hydrogen-bond acceptors (Lipinski definition) is 2. The van der Waals surface area contributed by atoms with Crippen molar-refractivity contribution >= 4 is 5.91 Å². The molecule has 1 fully saturated rings. The largest absolute Gasteiger partial charge is 0.339 e. The molecule has 2 aromatic rings. The first-order valence-electron chi connectivity index (χ1n) is 8.86. The lowest BCUT2D eigenvalue weighted by Gasteiger charge is -2.32. The third kappa shape index (κ3) is 3.85. The van der Waals surface area contributed by atoms with Crippen LogP contribution in [0.25, 0.3) is 0 Å². The van der Waals surface area contributed by atoms with Crippen molar-refractivity contribution in [3.63, 3.8) is 0 Å². The molecular formula is C21H26N2O. The van der Waals surface area contributed by atoms with Gasteiger partial charge < -0.3 is 10.2 Å². The van der Waals surface area contributed by atoms with E-state index in [1.54, 1.807) is 0 Å². The van der Waals surface area contributed by atoms with E-state index in [2.05, 4.69) is 41.7 Å². The summed E-state index contributed by atoms with van der Waals surface area (Å²) in [5.41, 5.74) is 3.41. The van der Waals surface area contributed by atoms with Crippen molar-refractivity contribution in [3.8, 4) is 0 Å². The van der Waals surface area contributed by atoms with E-state index in [-0.39, 0.29) is 5.91 Å². The zero-order chi connectivity index (χ0) is 16.8. The number of nitrogens with one attached hydrogen (secondary N) is 1. The van der Waals surface area contributed by atoms with Gasteiger partial charge in [-0.1, -0.05) is 48.5 Å². The first-order valence-corrected chi connectivity index (χ1v) is 8.86. The molecule has 1 heterocycles. The molecule has 1 aliphatic heterocycles. The number of carbonyl (C=O) groups excluding carboxylic acids is 1. The standard InChI is InChI=1S/C21H26N2O/c1-22-14-11-19-9-5-6-10-20(19)21(24)23-15-12-18(13-16-23)17-7-3-2-4-8-17/h2-10,18,22H,11-16H2,1H3. The molecule has 1 saturated heterocycles. The Labute approximate surface area is 144 Å². The van der Waals surface area contributed by atoms with Gasteiger partial charge in [0.15, 0.2) is 0 Å². The van der Waals surface area contributed by atoms with Crippen LogP contribution in [0.2, 0.25) is 0 Å². The van der Waals surface area contributed by atoms with Crippen molar-refractivity contribution in [2.24, 2.45) is 0 Å². The van der Waals surface area contributed by atoms with Gasteiger partial charge in [-0.05, 0) is 56.0 Å². The summed E-state index contributed by atoms with van der Waals surface area (Å²) in [6.07, 6.45) is 2.99. The van der Waals surface area contributed by atoms with Gasteiger partial charge in [0, 0.05) is 18.7 Å². The van der Waals surface area contributed by atoms with Crippen LogP contribution in [0, 0.1) is 0 Å². The van der Waals surface area contributed by atoms with Gasteiger partial charge in [-0.3, -0.25) is 4.79 Å². The quantitative estimate of drug-likeness (QED) is 0.914. The van der Waals surface area contributed by atoms with Crippen molar-refractivity contribution in [2.45, 2.75) is 25.2 Å². The van der Waals surface area contributed by atoms with Crippen molar-refractivity contribution in [1.82, 2.24) is 10.2 Å². The van der Waals surface area contributed by atoms with Crippen LogP contribution < -0.4 is 5.32 Å². The Bertz CT molecular complexity index is 661. The fourth-order valence-electron chi connectivity index (χ4n) is 3.52. The molecule has 0 spiro atoms. The summed E-state index contributed by atoms with van der Waals surface area (Å²) >= 11 is 0. The number of benzene rings is 2. The summed E-state index contributed by atoms with van der Waals surface area (Å²) in [6, 6.07) is 18.7. The minimum atomic E-state index is 0.188. The highest BCUT2D eigenvalue weighted by atomic mass is 16.2. The van der Waals surface area contributed by atoms with Gasteiger partial charge in [0.25, 0.3) is 5.91 Å². The van der Waals surface area contributed by atoms with Crippen LogP contribution in [0.15, 0.2) is 54.6 Å². The molecule has 3 nitrogen and oxygen atoms in total. The molecule has 0 radical (unpaired) electrons.